The summed E-state index contributed by atoms with van der Waals surface area (Å²) in [5.41, 5.74) is 2.14. The fraction of sp³-hybridized carbons (Fsp3) is 0.176. The molecule has 2 aromatic heterocycles. The largest absolute Gasteiger partial charge is 0.355 e. The number of carbonyl (C=O) groups excluding carboxylic acids is 1. The van der Waals surface area contributed by atoms with Crippen molar-refractivity contribution in [1.29, 1.82) is 0 Å². The van der Waals surface area contributed by atoms with Crippen molar-refractivity contribution in [1.82, 2.24) is 19.7 Å². The zero-order chi connectivity index (χ0) is 18.8. The Kier molecular flexibility index (Phi) is 4.44. The summed E-state index contributed by atoms with van der Waals surface area (Å²) in [4.78, 5) is 30.7. The lowest BCUT2D eigenvalue weighted by atomic mass is 10.1. The Labute approximate surface area is 148 Å². The maximum absolute atomic E-state index is 11.7. The highest BCUT2D eigenvalue weighted by molar-refractivity contribution is 5.95. The lowest BCUT2D eigenvalue weighted by Crippen LogP contribution is -2.10. The number of benzene rings is 1. The van der Waals surface area contributed by atoms with Crippen LogP contribution >= 0.6 is 0 Å². The molecule has 0 radical (unpaired) electrons. The fourth-order valence-corrected chi connectivity index (χ4v) is 2.58. The molecule has 26 heavy (non-hydrogen) atoms. The molecule has 0 aliphatic rings. The van der Waals surface area contributed by atoms with Gasteiger partial charge in [0, 0.05) is 16.9 Å². The number of hydrogen-bond acceptors (Lipinski definition) is 7. The SMILES string of the molecule is CC(=O)c1cccc(Nc2ncnc(-n3nc(C)cc3C)c2[N+](=O)[O-])c1. The summed E-state index contributed by atoms with van der Waals surface area (Å²) in [5, 5.41) is 18.8. The first kappa shape index (κ1) is 17.2. The normalized spacial score (nSPS) is 10.6. The van der Waals surface area contributed by atoms with Crippen LogP contribution in [0.2, 0.25) is 0 Å². The molecular formula is C17H16N6O3. The number of ketones is 1. The van der Waals surface area contributed by atoms with Gasteiger partial charge >= 0.3 is 5.69 Å². The van der Waals surface area contributed by atoms with Crippen LogP contribution in [0.1, 0.15) is 28.7 Å². The lowest BCUT2D eigenvalue weighted by molar-refractivity contribution is -0.384. The van der Waals surface area contributed by atoms with Crippen LogP contribution in [-0.2, 0) is 0 Å². The number of carbonyl (C=O) groups is 1. The van der Waals surface area contributed by atoms with Crippen molar-refractivity contribution in [3.05, 3.63) is 63.7 Å². The molecule has 2 heterocycles. The van der Waals surface area contributed by atoms with Gasteiger partial charge in [-0.2, -0.15) is 5.10 Å². The predicted molar refractivity (Wildman–Crippen MR) is 95.0 cm³/mol. The summed E-state index contributed by atoms with van der Waals surface area (Å²) in [7, 11) is 0. The van der Waals surface area contributed by atoms with E-state index in [4.69, 9.17) is 0 Å². The quantitative estimate of drug-likeness (QED) is 0.426. The van der Waals surface area contributed by atoms with Crippen LogP contribution in [0.15, 0.2) is 36.7 Å². The molecule has 3 rings (SSSR count). The zero-order valence-electron chi connectivity index (χ0n) is 14.4. The number of nitrogens with zero attached hydrogens (tertiary/aromatic N) is 5. The maximum Gasteiger partial charge on any atom is 0.355 e. The van der Waals surface area contributed by atoms with Crippen molar-refractivity contribution >= 4 is 23.0 Å². The van der Waals surface area contributed by atoms with Crippen LogP contribution in [0.3, 0.4) is 0 Å². The third kappa shape index (κ3) is 3.27. The molecule has 0 saturated carbocycles. The Morgan fingerprint density at radius 1 is 1.23 bits per heavy atom. The van der Waals surface area contributed by atoms with Crippen LogP contribution in [0, 0.1) is 24.0 Å². The molecule has 1 N–H and O–H groups in total. The number of aryl methyl sites for hydroxylation is 2. The van der Waals surface area contributed by atoms with Crippen molar-refractivity contribution < 1.29 is 9.72 Å². The van der Waals surface area contributed by atoms with Crippen LogP contribution in [0.4, 0.5) is 17.2 Å². The molecule has 1 aromatic carbocycles. The Bertz CT molecular complexity index is 1010. The lowest BCUT2D eigenvalue weighted by Gasteiger charge is -2.10. The van der Waals surface area contributed by atoms with E-state index in [0.717, 1.165) is 5.69 Å². The molecule has 0 fully saturated rings. The van der Waals surface area contributed by atoms with Gasteiger partial charge in [0.1, 0.15) is 6.33 Å². The van der Waals surface area contributed by atoms with E-state index in [2.05, 4.69) is 20.4 Å². The summed E-state index contributed by atoms with van der Waals surface area (Å²) in [6.45, 7) is 5.03. The highest BCUT2D eigenvalue weighted by atomic mass is 16.6. The second-order valence-electron chi connectivity index (χ2n) is 5.75. The van der Waals surface area contributed by atoms with Crippen molar-refractivity contribution in [2.75, 3.05) is 5.32 Å². The van der Waals surface area contributed by atoms with Crippen LogP contribution in [0.25, 0.3) is 5.82 Å². The number of aromatic nitrogens is 4. The van der Waals surface area contributed by atoms with Gasteiger partial charge in [-0.25, -0.2) is 14.6 Å². The van der Waals surface area contributed by atoms with Gasteiger partial charge in [-0.3, -0.25) is 14.9 Å². The summed E-state index contributed by atoms with van der Waals surface area (Å²) < 4.78 is 1.41. The second kappa shape index (κ2) is 6.71. The fourth-order valence-electron chi connectivity index (χ4n) is 2.58. The highest BCUT2D eigenvalue weighted by Gasteiger charge is 2.26. The standard InChI is InChI=1S/C17H16N6O3/c1-10-7-11(2)22(21-10)17-15(23(25)26)16(18-9-19-17)20-14-6-4-5-13(8-14)12(3)24/h4-9H,1-3H3,(H,18,19,20). The summed E-state index contributed by atoms with van der Waals surface area (Å²) in [6.07, 6.45) is 1.23. The first-order valence-corrected chi connectivity index (χ1v) is 7.78. The number of rotatable bonds is 5. The van der Waals surface area contributed by atoms with Crippen molar-refractivity contribution in [3.8, 4) is 5.82 Å². The maximum atomic E-state index is 11.7. The Morgan fingerprint density at radius 2 is 2.00 bits per heavy atom. The first-order chi connectivity index (χ1) is 12.4. The molecule has 0 saturated heterocycles. The van der Waals surface area contributed by atoms with E-state index in [1.54, 1.807) is 44.2 Å². The topological polar surface area (TPSA) is 116 Å². The smallest absolute Gasteiger partial charge is 0.334 e. The molecule has 9 nitrogen and oxygen atoms in total. The summed E-state index contributed by atoms with van der Waals surface area (Å²) in [6, 6.07) is 8.46. The minimum Gasteiger partial charge on any atom is -0.334 e. The van der Waals surface area contributed by atoms with Gasteiger partial charge in [-0.15, -0.1) is 0 Å². The molecule has 3 aromatic rings. The Balaban J connectivity index is 2.10. The number of hydrogen-bond donors (Lipinski definition) is 1. The predicted octanol–water partition coefficient (Wildman–Crippen LogP) is 3.13. The minimum absolute atomic E-state index is 0.0215. The average Bonchev–Trinajstić information content (AvgIpc) is 2.93. The Hall–Kier alpha value is -3.62. The van der Waals surface area contributed by atoms with Gasteiger partial charge in [-0.05, 0) is 39.0 Å². The molecule has 132 valence electrons. The first-order valence-electron chi connectivity index (χ1n) is 7.78. The zero-order valence-corrected chi connectivity index (χ0v) is 14.4. The molecule has 0 atom stereocenters. The molecule has 0 aliphatic carbocycles. The van der Waals surface area contributed by atoms with E-state index >= 15 is 0 Å². The third-order valence-electron chi connectivity index (χ3n) is 3.73. The molecule has 0 spiro atoms. The van der Waals surface area contributed by atoms with Gasteiger partial charge in [0.2, 0.25) is 11.6 Å². The van der Waals surface area contributed by atoms with Crippen molar-refractivity contribution in [2.24, 2.45) is 0 Å². The highest BCUT2D eigenvalue weighted by Crippen LogP contribution is 2.30. The monoisotopic (exact) mass is 352 g/mol. The van der Waals surface area contributed by atoms with Crippen LogP contribution in [-0.4, -0.2) is 30.5 Å². The number of nitrogens with one attached hydrogen (secondary N) is 1. The Morgan fingerprint density at radius 3 is 2.62 bits per heavy atom. The molecule has 9 heteroatoms. The number of nitro groups is 1. The summed E-state index contributed by atoms with van der Waals surface area (Å²) >= 11 is 0. The molecule has 0 unspecified atom stereocenters. The van der Waals surface area contributed by atoms with Crippen LogP contribution < -0.4 is 5.32 Å². The number of Topliss-reactive ketones (excluding diaryl/α,β-unsaturated/α-hetero) is 1. The van der Waals surface area contributed by atoms with Crippen molar-refractivity contribution in [2.45, 2.75) is 20.8 Å². The van der Waals surface area contributed by atoms with E-state index in [0.29, 0.717) is 16.9 Å². The number of anilines is 2. The van der Waals surface area contributed by atoms with E-state index in [1.807, 2.05) is 0 Å². The summed E-state index contributed by atoms with van der Waals surface area (Å²) in [5.74, 6) is -0.0109. The van der Waals surface area contributed by atoms with E-state index < -0.39 is 4.92 Å². The van der Waals surface area contributed by atoms with Gasteiger partial charge in [-0.1, -0.05) is 12.1 Å². The minimum atomic E-state index is -0.553. The van der Waals surface area contributed by atoms with E-state index in [9.17, 15) is 14.9 Å². The average molecular weight is 352 g/mol. The van der Waals surface area contributed by atoms with Gasteiger partial charge < -0.3 is 5.32 Å². The second-order valence-corrected chi connectivity index (χ2v) is 5.75. The molecule has 0 bridgehead atoms. The molecule has 0 aliphatic heterocycles. The molecule has 0 amide bonds. The van der Waals surface area contributed by atoms with Crippen LogP contribution in [0.5, 0.6) is 0 Å². The van der Waals surface area contributed by atoms with Gasteiger partial charge in [0.25, 0.3) is 0 Å². The van der Waals surface area contributed by atoms with E-state index in [1.165, 1.54) is 17.9 Å². The molecular weight excluding hydrogens is 336 g/mol. The van der Waals surface area contributed by atoms with E-state index in [-0.39, 0.29) is 23.1 Å². The third-order valence-corrected chi connectivity index (χ3v) is 3.73. The van der Waals surface area contributed by atoms with Crippen molar-refractivity contribution in [3.63, 3.8) is 0 Å². The van der Waals surface area contributed by atoms with Gasteiger partial charge in [0.05, 0.1) is 10.6 Å². The van der Waals surface area contributed by atoms with Gasteiger partial charge in [0.15, 0.2) is 5.78 Å².